The van der Waals surface area contributed by atoms with Crippen LogP contribution in [0.25, 0.3) is 0 Å². The molecule has 0 saturated heterocycles. The van der Waals surface area contributed by atoms with Crippen LogP contribution < -0.4 is 0 Å². The number of rotatable bonds is 1. The fourth-order valence-corrected chi connectivity index (χ4v) is 1.78. The zero-order valence-corrected chi connectivity index (χ0v) is 8.05. The van der Waals surface area contributed by atoms with Gasteiger partial charge in [0.05, 0.1) is 0 Å². The van der Waals surface area contributed by atoms with Gasteiger partial charge in [-0.15, -0.1) is 0 Å². The zero-order valence-electron chi connectivity index (χ0n) is 8.05. The molecular weight excluding hydrogens is 148 g/mol. The Hall–Kier alpha value is -0.850. The van der Waals surface area contributed by atoms with Crippen molar-refractivity contribution in [2.45, 2.75) is 27.2 Å². The Labute approximate surface area is 74.2 Å². The molecule has 0 fully saturated rings. The number of hydrogen-bond acceptors (Lipinski definition) is 1. The van der Waals surface area contributed by atoms with Crippen LogP contribution in [0.15, 0.2) is 23.8 Å². The third-order valence-corrected chi connectivity index (χ3v) is 2.72. The second-order valence-corrected chi connectivity index (χ2v) is 3.73. The minimum atomic E-state index is 0.132. The monoisotopic (exact) mass is 164 g/mol. The first-order chi connectivity index (χ1) is 5.54. The van der Waals surface area contributed by atoms with Crippen molar-refractivity contribution in [3.05, 3.63) is 23.8 Å². The minimum Gasteiger partial charge on any atom is -0.294 e. The maximum absolute atomic E-state index is 11.5. The predicted molar refractivity (Wildman–Crippen MR) is 50.8 cm³/mol. The molecule has 1 aliphatic rings. The molecule has 1 aliphatic carbocycles. The molecule has 0 spiro atoms. The summed E-state index contributed by atoms with van der Waals surface area (Å²) in [5.41, 5.74) is 2.04. The molecular formula is C11H16O. The summed E-state index contributed by atoms with van der Waals surface area (Å²) < 4.78 is 0. The maximum atomic E-state index is 11.5. The molecule has 0 aliphatic heterocycles. The fraction of sp³-hybridized carbons (Fsp3) is 0.545. The number of ketones is 1. The highest BCUT2D eigenvalue weighted by Gasteiger charge is 2.27. The molecule has 0 heterocycles. The third-order valence-electron chi connectivity index (χ3n) is 2.72. The number of carbonyl (C=O) groups excluding carboxylic acids is 1. The van der Waals surface area contributed by atoms with E-state index in [2.05, 4.69) is 6.58 Å². The average Bonchev–Trinajstić information content (AvgIpc) is 2.00. The first kappa shape index (κ1) is 9.24. The number of Topliss-reactive ketones (excluding diaryl/α,β-unsaturated/α-hetero) is 1. The number of allylic oxidation sites excluding steroid dienone is 3. The normalized spacial score (nSPS) is 29.9. The van der Waals surface area contributed by atoms with Gasteiger partial charge in [-0.1, -0.05) is 25.2 Å². The highest BCUT2D eigenvalue weighted by Crippen LogP contribution is 2.30. The molecule has 66 valence electrons. The SMILES string of the molecule is C=C(C)C1CC=C(C)C(=O)C1C. The Bertz CT molecular complexity index is 248. The van der Waals surface area contributed by atoms with Crippen molar-refractivity contribution in [3.63, 3.8) is 0 Å². The van der Waals surface area contributed by atoms with Crippen molar-refractivity contribution in [1.82, 2.24) is 0 Å². The van der Waals surface area contributed by atoms with Crippen LogP contribution in [0.3, 0.4) is 0 Å². The van der Waals surface area contributed by atoms with Crippen LogP contribution in [0.2, 0.25) is 0 Å². The zero-order chi connectivity index (χ0) is 9.30. The Morgan fingerprint density at radius 3 is 2.75 bits per heavy atom. The van der Waals surface area contributed by atoms with Gasteiger partial charge in [-0.3, -0.25) is 4.79 Å². The molecule has 0 amide bonds. The Kier molecular flexibility index (Phi) is 2.51. The summed E-state index contributed by atoms with van der Waals surface area (Å²) in [6.45, 7) is 9.80. The average molecular weight is 164 g/mol. The Balaban J connectivity index is 2.87. The van der Waals surface area contributed by atoms with E-state index in [-0.39, 0.29) is 11.7 Å². The Morgan fingerprint density at radius 2 is 2.25 bits per heavy atom. The highest BCUT2D eigenvalue weighted by atomic mass is 16.1. The van der Waals surface area contributed by atoms with Crippen LogP contribution in [-0.2, 0) is 4.79 Å². The van der Waals surface area contributed by atoms with Gasteiger partial charge in [0.2, 0.25) is 0 Å². The Morgan fingerprint density at radius 1 is 1.67 bits per heavy atom. The molecule has 0 radical (unpaired) electrons. The van der Waals surface area contributed by atoms with E-state index in [1.165, 1.54) is 0 Å². The van der Waals surface area contributed by atoms with E-state index < -0.39 is 0 Å². The molecule has 0 saturated carbocycles. The van der Waals surface area contributed by atoms with Crippen LogP contribution >= 0.6 is 0 Å². The lowest BCUT2D eigenvalue weighted by Gasteiger charge is -2.26. The minimum absolute atomic E-state index is 0.132. The summed E-state index contributed by atoms with van der Waals surface area (Å²) in [5, 5.41) is 0. The molecule has 0 bridgehead atoms. The van der Waals surface area contributed by atoms with Gasteiger partial charge in [-0.05, 0) is 31.8 Å². The van der Waals surface area contributed by atoms with E-state index in [1.54, 1.807) is 0 Å². The van der Waals surface area contributed by atoms with Crippen molar-refractivity contribution >= 4 is 5.78 Å². The van der Waals surface area contributed by atoms with Gasteiger partial charge in [-0.2, -0.15) is 0 Å². The summed E-state index contributed by atoms with van der Waals surface area (Å²) in [4.78, 5) is 11.5. The lowest BCUT2D eigenvalue weighted by atomic mass is 9.77. The van der Waals surface area contributed by atoms with Crippen LogP contribution in [0.5, 0.6) is 0 Å². The van der Waals surface area contributed by atoms with Gasteiger partial charge in [0.15, 0.2) is 5.78 Å². The molecule has 2 atom stereocenters. The quantitative estimate of drug-likeness (QED) is 0.544. The molecule has 1 heteroatoms. The topological polar surface area (TPSA) is 17.1 Å². The molecule has 0 aromatic carbocycles. The van der Waals surface area contributed by atoms with Gasteiger partial charge < -0.3 is 0 Å². The molecule has 2 unspecified atom stereocenters. The summed E-state index contributed by atoms with van der Waals surface area (Å²) in [7, 11) is 0. The summed E-state index contributed by atoms with van der Waals surface area (Å²) >= 11 is 0. The summed E-state index contributed by atoms with van der Waals surface area (Å²) in [5.74, 6) is 0.781. The molecule has 0 N–H and O–H groups in total. The van der Waals surface area contributed by atoms with E-state index in [0.717, 1.165) is 17.6 Å². The van der Waals surface area contributed by atoms with E-state index in [9.17, 15) is 4.79 Å². The third kappa shape index (κ3) is 1.50. The molecule has 0 aromatic rings. The summed E-state index contributed by atoms with van der Waals surface area (Å²) in [6, 6.07) is 0. The summed E-state index contributed by atoms with van der Waals surface area (Å²) in [6.07, 6.45) is 3.01. The second kappa shape index (κ2) is 3.26. The van der Waals surface area contributed by atoms with Gasteiger partial charge in [-0.25, -0.2) is 0 Å². The maximum Gasteiger partial charge on any atom is 0.161 e. The van der Waals surface area contributed by atoms with Gasteiger partial charge in [0.1, 0.15) is 0 Å². The predicted octanol–water partition coefficient (Wildman–Crippen LogP) is 2.73. The van der Waals surface area contributed by atoms with Crippen LogP contribution in [0.4, 0.5) is 0 Å². The van der Waals surface area contributed by atoms with Gasteiger partial charge in [0.25, 0.3) is 0 Å². The van der Waals surface area contributed by atoms with Crippen molar-refractivity contribution in [1.29, 1.82) is 0 Å². The molecule has 12 heavy (non-hydrogen) atoms. The van der Waals surface area contributed by atoms with Crippen LogP contribution in [-0.4, -0.2) is 5.78 Å². The number of carbonyl (C=O) groups is 1. The van der Waals surface area contributed by atoms with Crippen LogP contribution in [0.1, 0.15) is 27.2 Å². The largest absolute Gasteiger partial charge is 0.294 e. The van der Waals surface area contributed by atoms with E-state index in [1.807, 2.05) is 26.8 Å². The van der Waals surface area contributed by atoms with Gasteiger partial charge in [0, 0.05) is 5.92 Å². The highest BCUT2D eigenvalue weighted by molar-refractivity contribution is 5.97. The fourth-order valence-electron chi connectivity index (χ4n) is 1.78. The smallest absolute Gasteiger partial charge is 0.161 e. The van der Waals surface area contributed by atoms with Crippen molar-refractivity contribution < 1.29 is 4.79 Å². The second-order valence-electron chi connectivity index (χ2n) is 3.73. The number of hydrogen-bond donors (Lipinski definition) is 0. The molecule has 1 rings (SSSR count). The standard InChI is InChI=1S/C11H16O/c1-7(2)10-6-5-8(3)11(12)9(10)4/h5,9-10H,1,6H2,2-4H3. The van der Waals surface area contributed by atoms with Crippen molar-refractivity contribution in [2.24, 2.45) is 11.8 Å². The van der Waals surface area contributed by atoms with Crippen LogP contribution in [0, 0.1) is 11.8 Å². The van der Waals surface area contributed by atoms with Crippen molar-refractivity contribution in [2.75, 3.05) is 0 Å². The van der Waals surface area contributed by atoms with E-state index >= 15 is 0 Å². The van der Waals surface area contributed by atoms with Gasteiger partial charge >= 0.3 is 0 Å². The van der Waals surface area contributed by atoms with E-state index in [4.69, 9.17) is 0 Å². The van der Waals surface area contributed by atoms with Crippen molar-refractivity contribution in [3.8, 4) is 0 Å². The molecule has 0 aromatic heterocycles. The lowest BCUT2D eigenvalue weighted by Crippen LogP contribution is -2.25. The van der Waals surface area contributed by atoms with E-state index in [0.29, 0.717) is 5.92 Å². The first-order valence-electron chi connectivity index (χ1n) is 4.40. The lowest BCUT2D eigenvalue weighted by molar-refractivity contribution is -0.120. The molecule has 1 nitrogen and oxygen atoms in total. The first-order valence-corrected chi connectivity index (χ1v) is 4.40.